The quantitative estimate of drug-likeness (QED) is 0.0413. The molecule has 19 nitrogen and oxygen atoms in total. The number of aliphatic hydroxyl groups excluding tert-OH is 1. The molecule has 20 heteroatoms. The summed E-state index contributed by atoms with van der Waals surface area (Å²) in [5.74, 6) is -4.90. The number of unbranched alkanes of at least 4 members (excludes halogenated alkanes) is 2. The van der Waals surface area contributed by atoms with Crippen molar-refractivity contribution in [2.24, 2.45) is 16.6 Å². The first-order chi connectivity index (χ1) is 22.4. The summed E-state index contributed by atoms with van der Waals surface area (Å²) in [4.78, 5) is 101. The lowest BCUT2D eigenvalue weighted by Gasteiger charge is -2.28. The fraction of sp³-hybridized carbons (Fsp3) is 0.750. The maximum absolute atomic E-state index is 13.5. The molecular weight excluding hydrogens is 655 g/mol. The number of carbonyl (C=O) groups is 6. The van der Waals surface area contributed by atoms with Gasteiger partial charge in [0.15, 0.2) is 0 Å². The molecule has 0 aliphatic carbocycles. The van der Waals surface area contributed by atoms with Gasteiger partial charge in [-0.05, 0) is 25.7 Å². The van der Waals surface area contributed by atoms with Crippen LogP contribution in [0.15, 0.2) is 4.99 Å². The second kappa shape index (κ2) is 20.7. The van der Waals surface area contributed by atoms with Gasteiger partial charge in [0.25, 0.3) is 0 Å². The van der Waals surface area contributed by atoms with Crippen LogP contribution >= 0.6 is 7.82 Å². The minimum Gasteiger partial charge on any atom is -0.394 e. The Morgan fingerprint density at radius 1 is 1.00 bits per heavy atom. The van der Waals surface area contributed by atoms with Gasteiger partial charge in [-0.15, -0.1) is 0 Å². The highest BCUT2D eigenvalue weighted by molar-refractivity contribution is 7.46. The average molecular weight is 707 g/mol. The number of phosphoric acid groups is 1. The Bertz CT molecular complexity index is 1200. The van der Waals surface area contributed by atoms with E-state index in [0.29, 0.717) is 19.5 Å². The van der Waals surface area contributed by atoms with Gasteiger partial charge in [0.2, 0.25) is 35.4 Å². The van der Waals surface area contributed by atoms with Crippen molar-refractivity contribution < 1.29 is 52.7 Å². The number of rotatable bonds is 22. The zero-order valence-corrected chi connectivity index (χ0v) is 28.9. The lowest BCUT2D eigenvalue weighted by atomic mass is 10.0. The Morgan fingerprint density at radius 3 is 2.10 bits per heavy atom. The molecule has 6 atom stereocenters. The Labute approximate surface area is 279 Å². The van der Waals surface area contributed by atoms with E-state index in [1.165, 1.54) is 18.2 Å². The molecular formula is C28H51N8O11P. The molecule has 0 aromatic heterocycles. The van der Waals surface area contributed by atoms with Crippen LogP contribution in [0.3, 0.4) is 0 Å². The van der Waals surface area contributed by atoms with Gasteiger partial charge in [-0.3, -0.25) is 38.3 Å². The van der Waals surface area contributed by atoms with E-state index in [9.17, 15) is 38.4 Å². The van der Waals surface area contributed by atoms with E-state index in [4.69, 9.17) is 15.5 Å². The first kappa shape index (κ1) is 42.4. The number of carbonyl (C=O) groups excluding carboxylic acids is 6. The molecule has 0 aromatic carbocycles. The van der Waals surface area contributed by atoms with Gasteiger partial charge >= 0.3 is 7.82 Å². The Balaban J connectivity index is 3.13. The molecule has 0 saturated heterocycles. The van der Waals surface area contributed by atoms with Gasteiger partial charge in [0.1, 0.15) is 24.2 Å². The Hall–Kier alpha value is -3.64. The molecule has 1 rings (SSSR count). The van der Waals surface area contributed by atoms with Gasteiger partial charge < -0.3 is 52.1 Å². The van der Waals surface area contributed by atoms with Crippen molar-refractivity contribution in [2.75, 3.05) is 26.2 Å². The van der Waals surface area contributed by atoms with Crippen molar-refractivity contribution in [3.8, 4) is 0 Å². The zero-order valence-electron chi connectivity index (χ0n) is 28.0. The van der Waals surface area contributed by atoms with E-state index < -0.39 is 80.3 Å². The summed E-state index contributed by atoms with van der Waals surface area (Å²) < 4.78 is 15.6. The first-order valence-electron chi connectivity index (χ1n) is 15.7. The lowest BCUT2D eigenvalue weighted by Crippen LogP contribution is -2.60. The molecule has 10 N–H and O–H groups in total. The van der Waals surface area contributed by atoms with Gasteiger partial charge in [-0.2, -0.15) is 0 Å². The molecule has 0 spiro atoms. The van der Waals surface area contributed by atoms with Crippen LogP contribution in [0.1, 0.15) is 66.7 Å². The van der Waals surface area contributed by atoms with Crippen molar-refractivity contribution in [3.05, 3.63) is 0 Å². The predicted octanol–water partition coefficient (Wildman–Crippen LogP) is -2.62. The molecule has 0 fully saturated rings. The maximum Gasteiger partial charge on any atom is 0.469 e. The van der Waals surface area contributed by atoms with Crippen LogP contribution in [0, 0.1) is 5.92 Å². The standard InChI is InChI=1S/C28H51N8O11P/c1-6-7-8-9-36(18(5)38)13-23(39)32-20(10-16(2)3)26(41)33-21(11-19-12-30-15-31-19)27(42)34-22(14-37)28(43)35-24(25(29)40)17(4)47-48(44,45)46/h15-17,19-22,24,37H,6-14H2,1-5H3,(H2,29,40)(H,30,31)(H,32,39)(H,33,41)(H,34,42)(H,35,43)(H2,44,45,46)/t17-,19?,20+,21+,22+,24+/m1/s1. The van der Waals surface area contributed by atoms with Crippen molar-refractivity contribution in [2.45, 2.75) is 103 Å². The fourth-order valence-electron chi connectivity index (χ4n) is 4.75. The molecule has 0 radical (unpaired) electrons. The maximum atomic E-state index is 13.5. The zero-order chi connectivity index (χ0) is 36.6. The van der Waals surface area contributed by atoms with Crippen LogP contribution < -0.4 is 32.3 Å². The van der Waals surface area contributed by atoms with Crippen LogP contribution in [0.2, 0.25) is 0 Å². The number of phosphoric ester groups is 1. The molecule has 6 amide bonds. The molecule has 48 heavy (non-hydrogen) atoms. The smallest absolute Gasteiger partial charge is 0.394 e. The summed E-state index contributed by atoms with van der Waals surface area (Å²) in [5, 5.41) is 22.4. The fourth-order valence-corrected chi connectivity index (χ4v) is 5.31. The van der Waals surface area contributed by atoms with E-state index in [0.717, 1.165) is 19.8 Å². The summed E-state index contributed by atoms with van der Waals surface area (Å²) in [6.45, 7) is 7.58. The van der Waals surface area contributed by atoms with Crippen LogP contribution in [0.4, 0.5) is 0 Å². The van der Waals surface area contributed by atoms with Gasteiger partial charge in [0, 0.05) is 26.4 Å². The summed E-state index contributed by atoms with van der Waals surface area (Å²) in [7, 11) is -5.08. The first-order valence-corrected chi connectivity index (χ1v) is 17.3. The predicted molar refractivity (Wildman–Crippen MR) is 173 cm³/mol. The summed E-state index contributed by atoms with van der Waals surface area (Å²) in [6.07, 6.45) is 2.50. The number of nitrogens with zero attached hydrogens (tertiary/aromatic N) is 2. The van der Waals surface area contributed by atoms with Gasteiger partial charge in [0.05, 0.1) is 31.6 Å². The molecule has 0 aromatic rings. The number of hydrogen-bond acceptors (Lipinski definition) is 11. The van der Waals surface area contributed by atoms with Crippen LogP contribution in [-0.2, 0) is 37.9 Å². The van der Waals surface area contributed by atoms with Gasteiger partial charge in [-0.25, -0.2) is 4.57 Å². The highest BCUT2D eigenvalue weighted by Gasteiger charge is 2.35. The third-order valence-electron chi connectivity index (χ3n) is 7.23. The molecule has 1 heterocycles. The summed E-state index contributed by atoms with van der Waals surface area (Å²) in [6, 6.07) is -6.32. The third kappa shape index (κ3) is 16.0. The number of primary amides is 1. The van der Waals surface area contributed by atoms with E-state index in [1.807, 2.05) is 20.8 Å². The SMILES string of the molecule is CCCCCN(CC(=O)N[C@@H](CC(C)C)C(=O)N[C@@H](CC1CNC=N1)C(=O)N[C@@H](CO)C(=O)N[C@H](C(N)=O)[C@@H](C)OP(=O)(O)O)C(C)=O. The second-order valence-corrected chi connectivity index (χ2v) is 13.2. The number of hydrogen-bond donors (Lipinski definition) is 9. The number of nitrogens with one attached hydrogen (secondary N) is 5. The minimum atomic E-state index is -5.08. The second-order valence-electron chi connectivity index (χ2n) is 12.0. The highest BCUT2D eigenvalue weighted by Crippen LogP contribution is 2.38. The van der Waals surface area contributed by atoms with Crippen LogP contribution in [0.25, 0.3) is 0 Å². The number of aliphatic imine (C=N–C) groups is 1. The summed E-state index contributed by atoms with van der Waals surface area (Å²) in [5.41, 5.74) is 5.26. The lowest BCUT2D eigenvalue weighted by molar-refractivity contribution is -0.137. The average Bonchev–Trinajstić information content (AvgIpc) is 3.49. The largest absolute Gasteiger partial charge is 0.469 e. The number of nitrogens with two attached hydrogens (primary N) is 1. The van der Waals surface area contributed by atoms with Crippen LogP contribution in [0.5, 0.6) is 0 Å². The molecule has 1 aliphatic rings. The van der Waals surface area contributed by atoms with E-state index in [1.54, 1.807) is 0 Å². The van der Waals surface area contributed by atoms with Crippen molar-refractivity contribution in [1.29, 1.82) is 0 Å². The third-order valence-corrected chi connectivity index (χ3v) is 7.84. The van der Waals surface area contributed by atoms with Gasteiger partial charge in [-0.1, -0.05) is 33.6 Å². The van der Waals surface area contributed by atoms with Crippen molar-refractivity contribution in [3.63, 3.8) is 0 Å². The molecule has 0 bridgehead atoms. The van der Waals surface area contributed by atoms with Crippen LogP contribution in [-0.4, -0.2) is 124 Å². The minimum absolute atomic E-state index is 0.0458. The van der Waals surface area contributed by atoms with E-state index in [2.05, 4.69) is 36.1 Å². The molecule has 1 unspecified atom stereocenters. The monoisotopic (exact) mass is 706 g/mol. The molecule has 274 valence electrons. The summed E-state index contributed by atoms with van der Waals surface area (Å²) >= 11 is 0. The normalized spacial score (nSPS) is 17.3. The number of aliphatic hydroxyl groups is 1. The molecule has 0 saturated carbocycles. The van der Waals surface area contributed by atoms with Crippen molar-refractivity contribution >= 4 is 49.6 Å². The Morgan fingerprint density at radius 2 is 1.60 bits per heavy atom. The number of amides is 6. The van der Waals surface area contributed by atoms with E-state index >= 15 is 0 Å². The van der Waals surface area contributed by atoms with Crippen molar-refractivity contribution in [1.82, 2.24) is 31.5 Å². The Kier molecular flexibility index (Phi) is 18.2. The topological polar surface area (TPSA) is 291 Å². The molecule has 1 aliphatic heterocycles. The highest BCUT2D eigenvalue weighted by atomic mass is 31.2. The van der Waals surface area contributed by atoms with E-state index in [-0.39, 0.29) is 31.2 Å².